The highest BCUT2D eigenvalue weighted by atomic mass is 19.3. The molecule has 1 saturated carbocycles. The van der Waals surface area contributed by atoms with Crippen LogP contribution in [0.3, 0.4) is 0 Å². The van der Waals surface area contributed by atoms with Gasteiger partial charge in [-0.3, -0.25) is 9.69 Å². The molecule has 0 spiro atoms. The summed E-state index contributed by atoms with van der Waals surface area (Å²) in [7, 11) is 0. The van der Waals surface area contributed by atoms with E-state index >= 15 is 0 Å². The van der Waals surface area contributed by atoms with E-state index in [9.17, 15) is 18.4 Å². The van der Waals surface area contributed by atoms with Gasteiger partial charge in [0.2, 0.25) is 0 Å². The number of cyclic esters (lactones) is 1. The first-order valence-corrected chi connectivity index (χ1v) is 7.48. The molecule has 1 N–H and O–H groups in total. The molecule has 2 amide bonds. The average Bonchev–Trinajstić information content (AvgIpc) is 3.30. The van der Waals surface area contributed by atoms with Crippen molar-refractivity contribution in [1.29, 1.82) is 0 Å². The van der Waals surface area contributed by atoms with Gasteiger partial charge in [0.15, 0.2) is 0 Å². The van der Waals surface area contributed by atoms with Gasteiger partial charge in [-0.15, -0.1) is 0 Å². The standard InChI is InChI=1S/C16H15F2N3O3/c1-19-16(6-7-16)10-2-4-11(5-3-10)21-9-12(24-15(21)23)8-20-14(22)13(17)18/h2-5,12-13H,6-9H2,(H,20,22). The Balaban J connectivity index is 1.62. The molecule has 1 atom stereocenters. The van der Waals surface area contributed by atoms with Crippen molar-refractivity contribution < 1.29 is 23.1 Å². The molecule has 1 unspecified atom stereocenters. The third-order valence-corrected chi connectivity index (χ3v) is 4.23. The van der Waals surface area contributed by atoms with Crippen LogP contribution >= 0.6 is 0 Å². The lowest BCUT2D eigenvalue weighted by Crippen LogP contribution is -2.37. The highest BCUT2D eigenvalue weighted by molar-refractivity contribution is 5.90. The number of nitrogens with one attached hydrogen (secondary N) is 1. The van der Waals surface area contributed by atoms with E-state index in [1.54, 1.807) is 12.1 Å². The van der Waals surface area contributed by atoms with Gasteiger partial charge in [-0.25, -0.2) is 11.4 Å². The Hall–Kier alpha value is -2.69. The van der Waals surface area contributed by atoms with E-state index in [-0.39, 0.29) is 13.1 Å². The number of nitrogens with zero attached hydrogens (tertiary/aromatic N) is 2. The first-order valence-electron chi connectivity index (χ1n) is 7.48. The number of hydrogen-bond acceptors (Lipinski definition) is 3. The number of carbonyl (C=O) groups is 2. The monoisotopic (exact) mass is 335 g/mol. The van der Waals surface area contributed by atoms with Crippen LogP contribution in [-0.2, 0) is 15.1 Å². The molecule has 0 aromatic heterocycles. The Labute approximate surface area is 137 Å². The second-order valence-electron chi connectivity index (χ2n) is 5.85. The van der Waals surface area contributed by atoms with Crippen molar-refractivity contribution in [1.82, 2.24) is 5.32 Å². The van der Waals surface area contributed by atoms with Crippen LogP contribution in [0.2, 0.25) is 0 Å². The molecule has 8 heteroatoms. The number of anilines is 1. The van der Waals surface area contributed by atoms with Crippen molar-refractivity contribution in [2.45, 2.75) is 30.9 Å². The van der Waals surface area contributed by atoms with Gasteiger partial charge in [-0.2, -0.15) is 8.78 Å². The molecule has 6 nitrogen and oxygen atoms in total. The van der Waals surface area contributed by atoms with Gasteiger partial charge in [0, 0.05) is 24.1 Å². The van der Waals surface area contributed by atoms with E-state index in [1.165, 1.54) is 4.90 Å². The van der Waals surface area contributed by atoms with E-state index in [0.29, 0.717) is 5.69 Å². The Morgan fingerprint density at radius 2 is 2.08 bits per heavy atom. The number of benzene rings is 1. The van der Waals surface area contributed by atoms with Crippen LogP contribution in [0.25, 0.3) is 4.85 Å². The number of rotatable bonds is 5. The lowest BCUT2D eigenvalue weighted by atomic mass is 10.1. The molecule has 1 aliphatic carbocycles. The molecule has 1 aromatic rings. The van der Waals surface area contributed by atoms with Gasteiger partial charge in [0.1, 0.15) is 6.10 Å². The third-order valence-electron chi connectivity index (χ3n) is 4.23. The summed E-state index contributed by atoms with van der Waals surface area (Å²) in [5.41, 5.74) is 1.12. The first-order chi connectivity index (χ1) is 11.4. The molecular weight excluding hydrogens is 320 g/mol. The maximum absolute atomic E-state index is 12.1. The summed E-state index contributed by atoms with van der Waals surface area (Å²) in [4.78, 5) is 27.8. The maximum atomic E-state index is 12.1. The number of amides is 2. The number of alkyl halides is 2. The third kappa shape index (κ3) is 3.02. The number of hydrogen-bond donors (Lipinski definition) is 1. The molecule has 24 heavy (non-hydrogen) atoms. The highest BCUT2D eigenvalue weighted by Crippen LogP contribution is 2.49. The van der Waals surface area contributed by atoms with Gasteiger partial charge >= 0.3 is 12.5 Å². The van der Waals surface area contributed by atoms with Gasteiger partial charge < -0.3 is 14.9 Å². The van der Waals surface area contributed by atoms with E-state index in [2.05, 4.69) is 4.85 Å². The fraction of sp³-hybridized carbons (Fsp3) is 0.438. The SMILES string of the molecule is [C-]#[N+]C1(c2ccc(N3CC(CNC(=O)C(F)F)OC3=O)cc2)CC1. The van der Waals surface area contributed by atoms with Crippen LogP contribution < -0.4 is 10.2 Å². The first kappa shape index (κ1) is 16.2. The van der Waals surface area contributed by atoms with Crippen LogP contribution in [0, 0.1) is 6.57 Å². The smallest absolute Gasteiger partial charge is 0.414 e. The lowest BCUT2D eigenvalue weighted by Gasteiger charge is -2.14. The Morgan fingerprint density at radius 1 is 1.42 bits per heavy atom. The fourth-order valence-corrected chi connectivity index (χ4v) is 2.67. The normalized spacial score (nSPS) is 21.3. The predicted molar refractivity (Wildman–Crippen MR) is 80.6 cm³/mol. The van der Waals surface area contributed by atoms with Crippen molar-refractivity contribution in [3.05, 3.63) is 41.2 Å². The summed E-state index contributed by atoms with van der Waals surface area (Å²) >= 11 is 0. The Bertz CT molecular complexity index is 696. The molecule has 3 rings (SSSR count). The number of carbonyl (C=O) groups excluding carboxylic acids is 2. The molecular formula is C16H15F2N3O3. The Kier molecular flexibility index (Phi) is 4.09. The van der Waals surface area contributed by atoms with Crippen molar-refractivity contribution in [2.24, 2.45) is 0 Å². The van der Waals surface area contributed by atoms with Gasteiger partial charge in [0.25, 0.3) is 11.4 Å². The molecule has 1 aliphatic heterocycles. The van der Waals surface area contributed by atoms with Crippen LogP contribution in [0.1, 0.15) is 18.4 Å². The van der Waals surface area contributed by atoms with Gasteiger partial charge in [-0.05, 0) is 24.3 Å². The van der Waals surface area contributed by atoms with Gasteiger partial charge in [0.05, 0.1) is 13.1 Å². The fourth-order valence-electron chi connectivity index (χ4n) is 2.67. The second-order valence-corrected chi connectivity index (χ2v) is 5.85. The quantitative estimate of drug-likeness (QED) is 0.840. The van der Waals surface area contributed by atoms with Crippen LogP contribution in [0.4, 0.5) is 19.3 Å². The molecule has 126 valence electrons. The van der Waals surface area contributed by atoms with Crippen molar-refractivity contribution in [3.8, 4) is 0 Å². The van der Waals surface area contributed by atoms with Crippen molar-refractivity contribution in [2.75, 3.05) is 18.0 Å². The average molecular weight is 335 g/mol. The molecule has 2 aliphatic rings. The summed E-state index contributed by atoms with van der Waals surface area (Å²) in [6.07, 6.45) is -2.69. The zero-order valence-corrected chi connectivity index (χ0v) is 12.7. The summed E-state index contributed by atoms with van der Waals surface area (Å²) in [5, 5.41) is 2.04. The van der Waals surface area contributed by atoms with E-state index in [0.717, 1.165) is 18.4 Å². The largest absolute Gasteiger partial charge is 0.442 e. The minimum absolute atomic E-state index is 0.162. The van der Waals surface area contributed by atoms with E-state index < -0.39 is 30.1 Å². The summed E-state index contributed by atoms with van der Waals surface area (Å²) < 4.78 is 29.3. The molecule has 0 radical (unpaired) electrons. The second kappa shape index (κ2) is 6.07. The summed E-state index contributed by atoms with van der Waals surface area (Å²) in [5.74, 6) is -1.39. The maximum Gasteiger partial charge on any atom is 0.414 e. The summed E-state index contributed by atoms with van der Waals surface area (Å²) in [6, 6.07) is 7.11. The van der Waals surface area contributed by atoms with Crippen LogP contribution in [0.5, 0.6) is 0 Å². The molecule has 0 bridgehead atoms. The molecule has 1 aromatic carbocycles. The molecule has 2 fully saturated rings. The highest BCUT2D eigenvalue weighted by Gasteiger charge is 2.52. The lowest BCUT2D eigenvalue weighted by molar-refractivity contribution is -0.132. The molecule has 1 saturated heterocycles. The van der Waals surface area contributed by atoms with Crippen LogP contribution in [-0.4, -0.2) is 37.6 Å². The number of ether oxygens (including phenoxy) is 1. The number of halogens is 2. The minimum Gasteiger partial charge on any atom is -0.442 e. The van der Waals surface area contributed by atoms with Crippen molar-refractivity contribution >= 4 is 17.7 Å². The van der Waals surface area contributed by atoms with E-state index in [1.807, 2.05) is 17.4 Å². The zero-order valence-electron chi connectivity index (χ0n) is 12.7. The molecule has 1 heterocycles. The van der Waals surface area contributed by atoms with E-state index in [4.69, 9.17) is 11.3 Å². The van der Waals surface area contributed by atoms with Crippen molar-refractivity contribution in [3.63, 3.8) is 0 Å². The Morgan fingerprint density at radius 3 is 2.62 bits per heavy atom. The predicted octanol–water partition coefficient (Wildman–Crippen LogP) is 2.30. The van der Waals surface area contributed by atoms with Gasteiger partial charge in [-0.1, -0.05) is 0 Å². The minimum atomic E-state index is -3.09. The topological polar surface area (TPSA) is 63.0 Å². The zero-order chi connectivity index (χ0) is 17.3. The van der Waals surface area contributed by atoms with Crippen LogP contribution in [0.15, 0.2) is 24.3 Å². The summed E-state index contributed by atoms with van der Waals surface area (Å²) in [6.45, 7) is 7.25.